The van der Waals surface area contributed by atoms with Gasteiger partial charge in [-0.15, -0.1) is 0 Å². The van der Waals surface area contributed by atoms with Crippen molar-refractivity contribution in [2.24, 2.45) is 0 Å². The zero-order valence-corrected chi connectivity index (χ0v) is 22.8. The number of halogens is 2. The average Bonchev–Trinajstić information content (AvgIpc) is 2.84. The third kappa shape index (κ3) is 5.07. The number of H-pyrrole nitrogens is 1. The summed E-state index contributed by atoms with van der Waals surface area (Å²) < 4.78 is 31.9. The van der Waals surface area contributed by atoms with Gasteiger partial charge in [0.05, 0.1) is 34.8 Å². The van der Waals surface area contributed by atoms with E-state index in [4.69, 9.17) is 27.9 Å². The van der Waals surface area contributed by atoms with Gasteiger partial charge in [0.2, 0.25) is 10.0 Å². The number of aromatic nitrogens is 2. The lowest BCUT2D eigenvalue weighted by Gasteiger charge is -2.47. The topological polar surface area (TPSA) is 113 Å². The van der Waals surface area contributed by atoms with Crippen molar-refractivity contribution in [3.63, 3.8) is 0 Å². The molecule has 3 heterocycles. The number of hydrogen-bond donors (Lipinski definition) is 1. The molecule has 14 heteroatoms. The zero-order valence-electron chi connectivity index (χ0n) is 18.8. The molecule has 0 saturated carbocycles. The van der Waals surface area contributed by atoms with Crippen molar-refractivity contribution in [3.05, 3.63) is 56.8 Å². The first-order chi connectivity index (χ1) is 17.1. The molecule has 190 valence electrons. The molecule has 9 nitrogen and oxygen atoms in total. The Morgan fingerprint density at radius 1 is 1.08 bits per heavy atom. The van der Waals surface area contributed by atoms with Crippen LogP contribution in [0.1, 0.15) is 0 Å². The first-order valence-electron chi connectivity index (χ1n) is 10.8. The summed E-state index contributed by atoms with van der Waals surface area (Å²) in [6.07, 6.45) is 0.583. The summed E-state index contributed by atoms with van der Waals surface area (Å²) in [5.41, 5.74) is 0.364. The van der Waals surface area contributed by atoms with Crippen molar-refractivity contribution < 1.29 is 17.9 Å². The summed E-state index contributed by atoms with van der Waals surface area (Å²) in [6, 6.07) is 8.80. The van der Waals surface area contributed by atoms with E-state index in [1.807, 2.05) is 0 Å². The SMILES string of the molecule is CS(=O)(=O)N1CCN(C(=O)Oc2ccc(Cl)cc2-c2nc3ccc(Cl)cc3c(=O)[nH]2)[C@@H]2CSSC[C@H]21. The van der Waals surface area contributed by atoms with E-state index in [-0.39, 0.29) is 36.7 Å². The van der Waals surface area contributed by atoms with Crippen LogP contribution in [0.3, 0.4) is 0 Å². The molecule has 0 radical (unpaired) electrons. The Labute approximate surface area is 224 Å². The number of sulfonamides is 1. The minimum atomic E-state index is -3.41. The van der Waals surface area contributed by atoms with Gasteiger partial charge in [-0.2, -0.15) is 4.31 Å². The van der Waals surface area contributed by atoms with Gasteiger partial charge in [-0.1, -0.05) is 44.8 Å². The number of piperazine rings is 1. The maximum absolute atomic E-state index is 13.3. The third-order valence-electron chi connectivity index (χ3n) is 6.06. The molecule has 2 atom stereocenters. The molecule has 5 rings (SSSR count). The number of carbonyl (C=O) groups is 1. The highest BCUT2D eigenvalue weighted by Gasteiger charge is 2.44. The van der Waals surface area contributed by atoms with Gasteiger partial charge >= 0.3 is 6.09 Å². The van der Waals surface area contributed by atoms with Gasteiger partial charge in [0.25, 0.3) is 5.56 Å². The number of amides is 1. The van der Waals surface area contributed by atoms with Gasteiger partial charge in [-0.3, -0.25) is 4.79 Å². The summed E-state index contributed by atoms with van der Waals surface area (Å²) in [5, 5.41) is 1.11. The van der Waals surface area contributed by atoms with Crippen LogP contribution < -0.4 is 10.3 Å². The molecule has 0 bridgehead atoms. The molecular weight excluding hydrogens is 567 g/mol. The molecule has 36 heavy (non-hydrogen) atoms. The zero-order chi connectivity index (χ0) is 25.6. The monoisotopic (exact) mass is 586 g/mol. The van der Waals surface area contributed by atoms with Crippen LogP contribution in [0.15, 0.2) is 41.2 Å². The summed E-state index contributed by atoms with van der Waals surface area (Å²) in [4.78, 5) is 34.8. The number of fused-ring (bicyclic) bond motifs is 2. The van der Waals surface area contributed by atoms with E-state index in [9.17, 15) is 18.0 Å². The van der Waals surface area contributed by atoms with Crippen molar-refractivity contribution in [3.8, 4) is 17.1 Å². The van der Waals surface area contributed by atoms with Crippen molar-refractivity contribution >= 4 is 71.8 Å². The van der Waals surface area contributed by atoms with E-state index in [0.717, 1.165) is 0 Å². The predicted molar refractivity (Wildman–Crippen MR) is 145 cm³/mol. The van der Waals surface area contributed by atoms with Crippen LogP contribution in [0.4, 0.5) is 4.79 Å². The Morgan fingerprint density at radius 2 is 1.78 bits per heavy atom. The Kier molecular flexibility index (Phi) is 7.18. The van der Waals surface area contributed by atoms with Crippen LogP contribution in [0.5, 0.6) is 5.75 Å². The van der Waals surface area contributed by atoms with Gasteiger partial charge in [0.1, 0.15) is 11.6 Å². The number of aromatic amines is 1. The predicted octanol–water partition coefficient (Wildman–Crippen LogP) is 4.11. The van der Waals surface area contributed by atoms with E-state index >= 15 is 0 Å². The highest BCUT2D eigenvalue weighted by Crippen LogP contribution is 2.38. The molecule has 0 aliphatic carbocycles. The Morgan fingerprint density at radius 3 is 2.53 bits per heavy atom. The molecule has 2 aliphatic heterocycles. The fraction of sp³-hybridized carbons (Fsp3) is 0.318. The Balaban J connectivity index is 1.47. The van der Waals surface area contributed by atoms with E-state index in [1.165, 1.54) is 22.7 Å². The Hall–Kier alpha value is -1.96. The van der Waals surface area contributed by atoms with Crippen molar-refractivity contribution in [2.75, 3.05) is 30.9 Å². The van der Waals surface area contributed by atoms with Crippen LogP contribution in [0.2, 0.25) is 10.0 Å². The molecule has 1 aromatic heterocycles. The lowest BCUT2D eigenvalue weighted by Crippen LogP contribution is -2.65. The first kappa shape index (κ1) is 25.7. The van der Waals surface area contributed by atoms with Crippen LogP contribution >= 0.6 is 44.8 Å². The highest BCUT2D eigenvalue weighted by atomic mass is 35.5. The second kappa shape index (κ2) is 10.1. The molecule has 3 aromatic rings. The van der Waals surface area contributed by atoms with E-state index in [0.29, 0.717) is 38.0 Å². The van der Waals surface area contributed by atoms with Crippen LogP contribution in [0.25, 0.3) is 22.3 Å². The van der Waals surface area contributed by atoms with Crippen LogP contribution in [-0.4, -0.2) is 76.6 Å². The fourth-order valence-corrected chi connectivity index (χ4v) is 8.62. The van der Waals surface area contributed by atoms with E-state index in [2.05, 4.69) is 9.97 Å². The molecule has 2 aliphatic rings. The quantitative estimate of drug-likeness (QED) is 0.456. The molecule has 0 spiro atoms. The van der Waals surface area contributed by atoms with Gasteiger partial charge in [0, 0.05) is 34.6 Å². The van der Waals surface area contributed by atoms with Crippen molar-refractivity contribution in [1.82, 2.24) is 19.2 Å². The smallest absolute Gasteiger partial charge is 0.409 e. The number of ether oxygens (including phenoxy) is 1. The van der Waals surface area contributed by atoms with Crippen molar-refractivity contribution in [2.45, 2.75) is 12.1 Å². The lowest BCUT2D eigenvalue weighted by atomic mass is 10.1. The number of rotatable bonds is 3. The largest absolute Gasteiger partial charge is 0.415 e. The molecule has 2 aromatic carbocycles. The first-order valence-corrected chi connectivity index (χ1v) is 15.9. The van der Waals surface area contributed by atoms with Gasteiger partial charge in [0.15, 0.2) is 0 Å². The minimum Gasteiger partial charge on any atom is -0.409 e. The van der Waals surface area contributed by atoms with Crippen LogP contribution in [-0.2, 0) is 10.0 Å². The molecule has 0 unspecified atom stereocenters. The van der Waals surface area contributed by atoms with Gasteiger partial charge < -0.3 is 14.6 Å². The number of hydrogen-bond acceptors (Lipinski definition) is 8. The number of carbonyl (C=O) groups excluding carboxylic acids is 1. The molecule has 1 amide bonds. The second-order valence-electron chi connectivity index (χ2n) is 8.36. The van der Waals surface area contributed by atoms with Gasteiger partial charge in [-0.05, 0) is 36.4 Å². The maximum atomic E-state index is 13.3. The lowest BCUT2D eigenvalue weighted by molar-refractivity contribution is 0.0821. The third-order valence-corrected chi connectivity index (χ3v) is 10.3. The summed E-state index contributed by atoms with van der Waals surface area (Å²) in [7, 11) is -0.225. The molecule has 1 N–H and O–H groups in total. The number of benzene rings is 2. The number of nitrogens with one attached hydrogen (secondary N) is 1. The second-order valence-corrected chi connectivity index (χ2v) is 13.7. The number of nitrogens with zero attached hydrogens (tertiary/aromatic N) is 3. The average molecular weight is 588 g/mol. The minimum absolute atomic E-state index is 0.167. The standard InChI is InChI=1S/C22H20Cl2N4O5S3/c1-36(31,32)28-7-6-27(17-10-34-35-11-18(17)28)22(30)33-19-5-3-13(24)9-15(19)20-25-16-4-2-12(23)8-14(16)21(29)26-20/h2-5,8-9,17-18H,6-7,10-11H2,1H3,(H,25,26,29)/t17-,18-/m1/s1. The van der Waals surface area contributed by atoms with Crippen molar-refractivity contribution in [1.29, 1.82) is 0 Å². The molecular formula is C22H20Cl2N4O5S3. The van der Waals surface area contributed by atoms with Crippen LogP contribution in [0, 0.1) is 0 Å². The Bertz CT molecular complexity index is 1520. The fourth-order valence-electron chi connectivity index (χ4n) is 4.37. The van der Waals surface area contributed by atoms with Gasteiger partial charge in [-0.25, -0.2) is 18.2 Å². The normalized spacial score (nSPS) is 20.8. The maximum Gasteiger partial charge on any atom is 0.415 e. The summed E-state index contributed by atoms with van der Waals surface area (Å²) >= 11 is 12.2. The van der Waals surface area contributed by atoms with E-state index in [1.54, 1.807) is 50.8 Å². The van der Waals surface area contributed by atoms with E-state index < -0.39 is 21.7 Å². The highest BCUT2D eigenvalue weighted by molar-refractivity contribution is 8.76. The molecule has 2 fully saturated rings. The summed E-state index contributed by atoms with van der Waals surface area (Å²) in [5.74, 6) is 1.50. The summed E-state index contributed by atoms with van der Waals surface area (Å²) in [6.45, 7) is 0.392. The molecule has 2 saturated heterocycles.